The molecule has 0 spiro atoms. The second-order valence-corrected chi connectivity index (χ2v) is 10.8. The highest BCUT2D eigenvalue weighted by atomic mass is 79.9. The van der Waals surface area contributed by atoms with Crippen LogP contribution < -0.4 is 15.2 Å². The highest BCUT2D eigenvalue weighted by molar-refractivity contribution is 9.10. The van der Waals surface area contributed by atoms with Gasteiger partial charge in [-0.25, -0.2) is 13.6 Å². The monoisotopic (exact) mass is 572 g/mol. The molecule has 0 aromatic heterocycles. The molecule has 0 radical (unpaired) electrons. The highest BCUT2D eigenvalue weighted by Gasteiger charge is 2.16. The van der Waals surface area contributed by atoms with Gasteiger partial charge in [0.15, 0.2) is 5.75 Å². The lowest BCUT2D eigenvalue weighted by Gasteiger charge is -2.13. The van der Waals surface area contributed by atoms with E-state index in [0.717, 1.165) is 15.2 Å². The number of nitrogens with two attached hydrogens (primary N) is 1. The van der Waals surface area contributed by atoms with E-state index in [1.807, 2.05) is 48.5 Å². The van der Waals surface area contributed by atoms with Crippen LogP contribution in [0.1, 0.15) is 10.4 Å². The maximum absolute atomic E-state index is 13.0. The average molecular weight is 573 g/mol. The van der Waals surface area contributed by atoms with Crippen molar-refractivity contribution in [3.63, 3.8) is 0 Å². The molecule has 37 heavy (non-hydrogen) atoms. The van der Waals surface area contributed by atoms with Crippen molar-refractivity contribution in [3.8, 4) is 22.6 Å². The van der Waals surface area contributed by atoms with Crippen molar-refractivity contribution >= 4 is 48.3 Å². The predicted octanol–water partition coefficient (Wildman–Crippen LogP) is 6.96. The number of nitrogens with one attached hydrogen (secondary N) is 1. The van der Waals surface area contributed by atoms with Gasteiger partial charge < -0.3 is 10.1 Å². The standard InChI is InChI=1S/C29H21BrN2O4S/c30-23-15-13-22-18-24(16-14-21(22)17-23)36-27-7-3-2-6-26(27)32-29(33)20-11-9-19(10-12-20)25-5-1-4-8-28(25)37(31,34)35/h1-18H,(H,32,33)(H2,31,34,35). The summed E-state index contributed by atoms with van der Waals surface area (Å²) in [7, 11) is -3.89. The van der Waals surface area contributed by atoms with E-state index in [1.54, 1.807) is 54.6 Å². The van der Waals surface area contributed by atoms with E-state index in [2.05, 4.69) is 21.2 Å². The SMILES string of the molecule is NS(=O)(=O)c1ccccc1-c1ccc(C(=O)Nc2ccccc2Oc2ccc3cc(Br)ccc3c2)cc1. The van der Waals surface area contributed by atoms with E-state index in [0.29, 0.717) is 33.9 Å². The quantitative estimate of drug-likeness (QED) is 0.229. The molecular weight excluding hydrogens is 552 g/mol. The lowest BCUT2D eigenvalue weighted by molar-refractivity contribution is 0.102. The summed E-state index contributed by atoms with van der Waals surface area (Å²) in [5, 5.41) is 10.4. The van der Waals surface area contributed by atoms with Crippen LogP contribution in [0.3, 0.4) is 0 Å². The maximum Gasteiger partial charge on any atom is 0.255 e. The number of carbonyl (C=O) groups excluding carboxylic acids is 1. The van der Waals surface area contributed by atoms with E-state index in [-0.39, 0.29) is 10.8 Å². The number of carbonyl (C=O) groups is 1. The molecule has 8 heteroatoms. The van der Waals surface area contributed by atoms with Crippen molar-refractivity contribution in [2.45, 2.75) is 4.90 Å². The molecule has 0 aliphatic carbocycles. The minimum atomic E-state index is -3.89. The molecule has 5 rings (SSSR count). The number of para-hydroxylation sites is 2. The summed E-state index contributed by atoms with van der Waals surface area (Å²) in [5.41, 5.74) is 2.03. The van der Waals surface area contributed by atoms with Crippen LogP contribution in [-0.4, -0.2) is 14.3 Å². The molecule has 6 nitrogen and oxygen atoms in total. The fourth-order valence-electron chi connectivity index (χ4n) is 3.99. The molecule has 1 amide bonds. The first-order valence-corrected chi connectivity index (χ1v) is 13.6. The number of halogens is 1. The van der Waals surface area contributed by atoms with Crippen molar-refractivity contribution < 1.29 is 17.9 Å². The zero-order chi connectivity index (χ0) is 26.0. The molecular formula is C29H21BrN2O4S. The average Bonchev–Trinajstić information content (AvgIpc) is 2.89. The van der Waals surface area contributed by atoms with Gasteiger partial charge in [0.1, 0.15) is 5.75 Å². The second kappa shape index (κ2) is 10.2. The summed E-state index contributed by atoms with van der Waals surface area (Å²) in [4.78, 5) is 13.0. The Bertz CT molecular complexity index is 1740. The van der Waals surface area contributed by atoms with Crippen molar-refractivity contribution in [1.82, 2.24) is 0 Å². The summed E-state index contributed by atoms with van der Waals surface area (Å²) < 4.78 is 31.0. The van der Waals surface area contributed by atoms with Crippen LogP contribution in [0.25, 0.3) is 21.9 Å². The number of ether oxygens (including phenoxy) is 1. The smallest absolute Gasteiger partial charge is 0.255 e. The fourth-order valence-corrected chi connectivity index (χ4v) is 5.13. The Morgan fingerprint density at radius 1 is 0.784 bits per heavy atom. The molecule has 5 aromatic rings. The van der Waals surface area contributed by atoms with E-state index < -0.39 is 10.0 Å². The molecule has 184 valence electrons. The van der Waals surface area contributed by atoms with Crippen molar-refractivity contribution in [3.05, 3.63) is 119 Å². The van der Waals surface area contributed by atoms with Crippen LogP contribution in [0.2, 0.25) is 0 Å². The van der Waals surface area contributed by atoms with Crippen molar-refractivity contribution in [1.29, 1.82) is 0 Å². The van der Waals surface area contributed by atoms with Crippen LogP contribution >= 0.6 is 15.9 Å². The van der Waals surface area contributed by atoms with E-state index >= 15 is 0 Å². The van der Waals surface area contributed by atoms with Gasteiger partial charge in [-0.05, 0) is 70.9 Å². The fraction of sp³-hybridized carbons (Fsp3) is 0. The Morgan fingerprint density at radius 2 is 1.46 bits per heavy atom. The number of primary sulfonamides is 1. The lowest BCUT2D eigenvalue weighted by atomic mass is 10.0. The predicted molar refractivity (Wildman–Crippen MR) is 149 cm³/mol. The number of anilines is 1. The first kappa shape index (κ1) is 24.7. The summed E-state index contributed by atoms with van der Waals surface area (Å²) in [6, 6.07) is 32.1. The number of benzene rings is 5. The molecule has 0 unspecified atom stereocenters. The lowest BCUT2D eigenvalue weighted by Crippen LogP contribution is -2.13. The van der Waals surface area contributed by atoms with E-state index in [9.17, 15) is 13.2 Å². The number of sulfonamides is 1. The third-order valence-electron chi connectivity index (χ3n) is 5.79. The third kappa shape index (κ3) is 5.56. The first-order valence-electron chi connectivity index (χ1n) is 11.3. The minimum absolute atomic E-state index is 0.0274. The molecule has 0 aliphatic heterocycles. The number of hydrogen-bond acceptors (Lipinski definition) is 4. The largest absolute Gasteiger partial charge is 0.455 e. The normalized spacial score (nSPS) is 11.3. The van der Waals surface area contributed by atoms with Crippen LogP contribution in [-0.2, 0) is 10.0 Å². The first-order chi connectivity index (χ1) is 17.8. The Hall–Kier alpha value is -3.98. The molecule has 0 atom stereocenters. The van der Waals surface area contributed by atoms with Crippen LogP contribution in [0.4, 0.5) is 5.69 Å². The van der Waals surface area contributed by atoms with Gasteiger partial charge in [0.05, 0.1) is 10.6 Å². The summed E-state index contributed by atoms with van der Waals surface area (Å²) in [6.45, 7) is 0. The van der Waals surface area contributed by atoms with Crippen molar-refractivity contribution in [2.24, 2.45) is 5.14 Å². The van der Waals surface area contributed by atoms with Gasteiger partial charge in [-0.1, -0.05) is 70.5 Å². The third-order valence-corrected chi connectivity index (χ3v) is 7.25. The Labute approximate surface area is 222 Å². The Kier molecular flexibility index (Phi) is 6.80. The van der Waals surface area contributed by atoms with Crippen LogP contribution in [0.5, 0.6) is 11.5 Å². The number of rotatable bonds is 6. The van der Waals surface area contributed by atoms with Gasteiger partial charge in [-0.3, -0.25) is 4.79 Å². The van der Waals surface area contributed by atoms with Gasteiger partial charge in [-0.2, -0.15) is 0 Å². The topological polar surface area (TPSA) is 98.5 Å². The molecule has 0 aliphatic rings. The molecule has 0 fully saturated rings. The van der Waals surface area contributed by atoms with Crippen LogP contribution in [0, 0.1) is 0 Å². The maximum atomic E-state index is 13.0. The Balaban J connectivity index is 1.36. The molecule has 0 bridgehead atoms. The molecule has 3 N–H and O–H groups in total. The van der Waals surface area contributed by atoms with Gasteiger partial charge in [0, 0.05) is 15.6 Å². The van der Waals surface area contributed by atoms with Gasteiger partial charge in [0.2, 0.25) is 10.0 Å². The zero-order valence-electron chi connectivity index (χ0n) is 19.4. The molecule has 0 heterocycles. The van der Waals surface area contributed by atoms with E-state index in [1.165, 1.54) is 6.07 Å². The molecule has 0 saturated carbocycles. The number of amides is 1. The number of hydrogen-bond donors (Lipinski definition) is 2. The highest BCUT2D eigenvalue weighted by Crippen LogP contribution is 2.32. The van der Waals surface area contributed by atoms with Crippen molar-refractivity contribution in [2.75, 3.05) is 5.32 Å². The molecule has 0 saturated heterocycles. The van der Waals surface area contributed by atoms with E-state index in [4.69, 9.17) is 9.88 Å². The summed E-state index contributed by atoms with van der Waals surface area (Å²) in [5.74, 6) is 0.825. The van der Waals surface area contributed by atoms with Gasteiger partial charge >= 0.3 is 0 Å². The summed E-state index contributed by atoms with van der Waals surface area (Å²) >= 11 is 3.48. The Morgan fingerprint density at radius 3 is 2.24 bits per heavy atom. The minimum Gasteiger partial charge on any atom is -0.455 e. The van der Waals surface area contributed by atoms with Gasteiger partial charge in [-0.15, -0.1) is 0 Å². The summed E-state index contributed by atoms with van der Waals surface area (Å²) in [6.07, 6.45) is 0. The zero-order valence-corrected chi connectivity index (χ0v) is 21.8. The molecule has 5 aromatic carbocycles. The second-order valence-electron chi connectivity index (χ2n) is 8.32. The van der Waals surface area contributed by atoms with Crippen LogP contribution in [0.15, 0.2) is 119 Å². The van der Waals surface area contributed by atoms with Gasteiger partial charge in [0.25, 0.3) is 5.91 Å². The number of fused-ring (bicyclic) bond motifs is 1.